The van der Waals surface area contributed by atoms with Gasteiger partial charge in [-0.25, -0.2) is 16.8 Å². The number of nitrogens with one attached hydrogen (secondary N) is 1. The third-order valence-corrected chi connectivity index (χ3v) is 13.2. The van der Waals surface area contributed by atoms with E-state index < -0.39 is 31.6 Å². The first kappa shape index (κ1) is 32.1. The van der Waals surface area contributed by atoms with Gasteiger partial charge < -0.3 is 25.6 Å². The predicted molar refractivity (Wildman–Crippen MR) is 171 cm³/mol. The van der Waals surface area contributed by atoms with Crippen molar-refractivity contribution in [2.75, 3.05) is 32.8 Å². The molecule has 2 heterocycles. The van der Waals surface area contributed by atoms with Crippen molar-refractivity contribution in [3.8, 4) is 16.9 Å². The Hall–Kier alpha value is -2.84. The highest BCUT2D eigenvalue weighted by atomic mass is 32.2. The lowest BCUT2D eigenvalue weighted by Gasteiger charge is -2.38. The second-order valence-corrected chi connectivity index (χ2v) is 16.5. The number of sulfonamides is 1. The molecule has 45 heavy (non-hydrogen) atoms. The second kappa shape index (κ2) is 13.1. The molecule has 3 fully saturated rings. The van der Waals surface area contributed by atoms with Gasteiger partial charge in [0.2, 0.25) is 10.0 Å². The van der Waals surface area contributed by atoms with Crippen molar-refractivity contribution in [3.63, 3.8) is 0 Å². The fraction of sp³-hybridized carbons (Fsp3) is 0.455. The molecule has 0 bridgehead atoms. The van der Waals surface area contributed by atoms with Crippen molar-refractivity contribution in [1.29, 1.82) is 0 Å². The number of rotatable bonds is 12. The largest absolute Gasteiger partial charge is 0.491 e. The van der Waals surface area contributed by atoms with Crippen molar-refractivity contribution < 1.29 is 31.4 Å². The molecule has 4 N–H and O–H groups in total. The minimum atomic E-state index is -3.67. The zero-order valence-corrected chi connectivity index (χ0v) is 26.8. The summed E-state index contributed by atoms with van der Waals surface area (Å²) >= 11 is 0. The molecular weight excluding hydrogens is 615 g/mol. The monoisotopic (exact) mass is 655 g/mol. The summed E-state index contributed by atoms with van der Waals surface area (Å²) < 4.78 is 65.6. The fourth-order valence-electron chi connectivity index (χ4n) is 6.14. The summed E-state index contributed by atoms with van der Waals surface area (Å²) in [6, 6.07) is 21.3. The van der Waals surface area contributed by atoms with Crippen LogP contribution in [-0.2, 0) is 31.1 Å². The van der Waals surface area contributed by atoms with Crippen LogP contribution in [0.1, 0.15) is 37.7 Å². The molecule has 12 heteroatoms. The van der Waals surface area contributed by atoms with Crippen molar-refractivity contribution in [1.82, 2.24) is 9.62 Å². The first-order valence-corrected chi connectivity index (χ1v) is 18.5. The van der Waals surface area contributed by atoms with E-state index >= 15 is 0 Å². The fourth-order valence-corrected chi connectivity index (χ4v) is 9.32. The highest BCUT2D eigenvalue weighted by Crippen LogP contribution is 2.38. The van der Waals surface area contributed by atoms with Crippen LogP contribution < -0.4 is 15.8 Å². The van der Waals surface area contributed by atoms with Crippen molar-refractivity contribution >= 4 is 19.9 Å². The Bertz CT molecular complexity index is 1700. The molecule has 0 aromatic heterocycles. The molecule has 1 spiro atoms. The summed E-state index contributed by atoms with van der Waals surface area (Å²) in [7, 11) is -6.98. The maximum absolute atomic E-state index is 13.6. The standard InChI is InChI=1S/C33H41N3O7S2/c34-20-24-7-9-25(10-8-24)26-3-1-6-32(17-26)45(40,41)36-15-13-33(14-16-36)19-27(22-43-33)35-21-28(37)23-42-29-4-2-5-31(18-29)44(38,39)30-11-12-30/h1-10,17-18,27-28,30,35,37H,11-16,19-23,34H2/t27-,28?/m1/s1. The Morgan fingerprint density at radius 2 is 1.67 bits per heavy atom. The van der Waals surface area contributed by atoms with E-state index in [1.807, 2.05) is 30.3 Å². The van der Waals surface area contributed by atoms with Crippen molar-refractivity contribution in [3.05, 3.63) is 78.4 Å². The molecule has 1 unspecified atom stereocenters. The van der Waals surface area contributed by atoms with Gasteiger partial charge in [-0.3, -0.25) is 0 Å². The van der Waals surface area contributed by atoms with Gasteiger partial charge in [0.1, 0.15) is 18.5 Å². The molecule has 0 amide bonds. The molecule has 3 aromatic carbocycles. The number of aliphatic hydroxyl groups is 1. The van der Waals surface area contributed by atoms with E-state index in [1.54, 1.807) is 40.7 Å². The van der Waals surface area contributed by atoms with E-state index in [2.05, 4.69) is 5.32 Å². The maximum atomic E-state index is 13.6. The Morgan fingerprint density at radius 1 is 0.956 bits per heavy atom. The molecule has 3 aliphatic rings. The number of hydrogen-bond acceptors (Lipinski definition) is 9. The smallest absolute Gasteiger partial charge is 0.243 e. The lowest BCUT2D eigenvalue weighted by molar-refractivity contribution is -0.0312. The first-order valence-electron chi connectivity index (χ1n) is 15.5. The molecule has 242 valence electrons. The van der Waals surface area contributed by atoms with E-state index in [4.69, 9.17) is 15.2 Å². The molecule has 1 aliphatic carbocycles. The molecule has 3 aromatic rings. The molecule has 10 nitrogen and oxygen atoms in total. The van der Waals surface area contributed by atoms with E-state index in [-0.39, 0.29) is 34.2 Å². The molecule has 2 atom stereocenters. The molecule has 2 aliphatic heterocycles. The highest BCUT2D eigenvalue weighted by molar-refractivity contribution is 7.92. The van der Waals surface area contributed by atoms with Crippen molar-refractivity contribution in [2.24, 2.45) is 5.73 Å². The lowest BCUT2D eigenvalue weighted by Crippen LogP contribution is -2.47. The Morgan fingerprint density at radius 3 is 2.38 bits per heavy atom. The summed E-state index contributed by atoms with van der Waals surface area (Å²) in [5, 5.41) is 13.6. The quantitative estimate of drug-likeness (QED) is 0.268. The van der Waals surface area contributed by atoms with Gasteiger partial charge >= 0.3 is 0 Å². The van der Waals surface area contributed by atoms with Crippen molar-refractivity contribution in [2.45, 2.75) is 71.4 Å². The van der Waals surface area contributed by atoms with Crippen LogP contribution in [0.25, 0.3) is 11.1 Å². The number of benzene rings is 3. The van der Waals surface area contributed by atoms with Crippen LogP contribution >= 0.6 is 0 Å². The van der Waals surface area contributed by atoms with Gasteiger partial charge in [0.05, 0.1) is 27.2 Å². The topological polar surface area (TPSA) is 148 Å². The zero-order chi connectivity index (χ0) is 31.7. The van der Waals surface area contributed by atoms with Gasteiger partial charge in [-0.05, 0) is 79.1 Å². The maximum Gasteiger partial charge on any atom is 0.243 e. The Labute approximate surface area is 265 Å². The zero-order valence-electron chi connectivity index (χ0n) is 25.2. The van der Waals surface area contributed by atoms with Gasteiger partial charge in [-0.1, -0.05) is 42.5 Å². The van der Waals surface area contributed by atoms with Crippen LogP contribution in [0.3, 0.4) is 0 Å². The van der Waals surface area contributed by atoms with Gasteiger partial charge in [0.15, 0.2) is 9.84 Å². The summed E-state index contributed by atoms with van der Waals surface area (Å²) in [4.78, 5) is 0.531. The molecule has 1 saturated carbocycles. The van der Waals surface area contributed by atoms with E-state index in [9.17, 15) is 21.9 Å². The van der Waals surface area contributed by atoms with Crippen LogP contribution in [0, 0.1) is 0 Å². The Kier molecular flexibility index (Phi) is 9.36. The third-order valence-electron chi connectivity index (χ3n) is 9.02. The molecule has 2 saturated heterocycles. The van der Waals surface area contributed by atoms with Gasteiger partial charge in [0, 0.05) is 32.2 Å². The van der Waals surface area contributed by atoms with E-state index in [0.717, 1.165) is 23.1 Å². The van der Waals surface area contributed by atoms with Crippen LogP contribution in [-0.4, -0.2) is 82.1 Å². The van der Waals surface area contributed by atoms with Crippen LogP contribution in [0.2, 0.25) is 0 Å². The van der Waals surface area contributed by atoms with E-state index in [0.29, 0.717) is 57.7 Å². The number of sulfone groups is 1. The summed E-state index contributed by atoms with van der Waals surface area (Å²) in [6.07, 6.45) is 2.51. The first-order chi connectivity index (χ1) is 21.6. The third kappa shape index (κ3) is 7.27. The molecular formula is C33H41N3O7S2. The normalized spacial score (nSPS) is 21.2. The van der Waals surface area contributed by atoms with Gasteiger partial charge in [0.25, 0.3) is 0 Å². The lowest BCUT2D eigenvalue weighted by atomic mass is 9.88. The predicted octanol–water partition coefficient (Wildman–Crippen LogP) is 3.09. The summed E-state index contributed by atoms with van der Waals surface area (Å²) in [5.41, 5.74) is 8.10. The average molecular weight is 656 g/mol. The molecule has 0 radical (unpaired) electrons. The SMILES string of the molecule is NCc1ccc(-c2cccc(S(=O)(=O)N3CCC4(CC3)C[C@@H](NCC(O)COc3cccc(S(=O)(=O)C5CC5)c3)CO4)c2)cc1. The number of nitrogens with zero attached hydrogens (tertiary/aromatic N) is 1. The second-order valence-electron chi connectivity index (χ2n) is 12.3. The van der Waals surface area contributed by atoms with Gasteiger partial charge in [-0.15, -0.1) is 0 Å². The number of piperidine rings is 1. The Balaban J connectivity index is 0.975. The highest BCUT2D eigenvalue weighted by Gasteiger charge is 2.45. The summed E-state index contributed by atoms with van der Waals surface area (Å²) in [5.74, 6) is 0.411. The molecule has 6 rings (SSSR count). The van der Waals surface area contributed by atoms with Crippen LogP contribution in [0.15, 0.2) is 82.6 Å². The average Bonchev–Trinajstić information content (AvgIpc) is 3.86. The number of nitrogens with two attached hydrogens (primary N) is 1. The summed E-state index contributed by atoms with van der Waals surface area (Å²) in [6.45, 7) is 1.98. The van der Waals surface area contributed by atoms with Crippen LogP contribution in [0.4, 0.5) is 0 Å². The van der Waals surface area contributed by atoms with Gasteiger partial charge in [-0.2, -0.15) is 4.31 Å². The minimum Gasteiger partial charge on any atom is -0.491 e. The van der Waals surface area contributed by atoms with Crippen LogP contribution in [0.5, 0.6) is 5.75 Å². The number of aliphatic hydroxyl groups excluding tert-OH is 1. The van der Waals surface area contributed by atoms with E-state index in [1.165, 1.54) is 6.07 Å². The minimum absolute atomic E-state index is 0.0195. The number of ether oxygens (including phenoxy) is 2. The number of hydrogen-bond donors (Lipinski definition) is 3.